The van der Waals surface area contributed by atoms with Crippen LogP contribution in [0, 0.1) is 0 Å². The Bertz CT molecular complexity index is 1830. The van der Waals surface area contributed by atoms with Gasteiger partial charge in [-0.15, -0.1) is 20.3 Å². The highest BCUT2D eigenvalue weighted by Crippen LogP contribution is 2.47. The second-order valence-electron chi connectivity index (χ2n) is 10.9. The quantitative estimate of drug-likeness (QED) is 0.0328. The Balaban J connectivity index is 1.50. The van der Waals surface area contributed by atoms with E-state index in [1.165, 1.54) is 19.2 Å². The number of nitrogens with two attached hydrogens (primary N) is 2. The first-order valence-corrected chi connectivity index (χ1v) is 18.0. The number of β-lactam (4-membered cyclic amide) rings is 1. The number of carbonyl (C=O) groups excluding carboxylic acids is 2. The van der Waals surface area contributed by atoms with Crippen LogP contribution >= 0.6 is 18.9 Å². The van der Waals surface area contributed by atoms with E-state index in [1.807, 2.05) is 28.8 Å². The number of hydrogen-bond acceptors (Lipinski definition) is 14. The summed E-state index contributed by atoms with van der Waals surface area (Å²) in [5.41, 5.74) is 11.1. The van der Waals surface area contributed by atoms with E-state index in [2.05, 4.69) is 19.7 Å². The third-order valence-electron chi connectivity index (χ3n) is 7.18. The van der Waals surface area contributed by atoms with Crippen LogP contribution in [-0.4, -0.2) is 87.8 Å². The molecule has 0 aliphatic carbocycles. The van der Waals surface area contributed by atoms with Crippen molar-refractivity contribution in [3.8, 4) is 16.9 Å². The Kier molecular flexibility index (Phi) is 11.3. The lowest BCUT2D eigenvalue weighted by molar-refractivity contribution is -0.753. The Morgan fingerprint density at radius 1 is 1.29 bits per heavy atom. The van der Waals surface area contributed by atoms with E-state index < -0.39 is 59.6 Å². The fourth-order valence-electron chi connectivity index (χ4n) is 4.53. The van der Waals surface area contributed by atoms with Gasteiger partial charge in [-0.05, 0) is 44.5 Å². The Morgan fingerprint density at radius 3 is 2.54 bits per heavy atom. The number of ether oxygens (including phenoxy) is 1. The van der Waals surface area contributed by atoms with E-state index in [-0.39, 0.29) is 10.8 Å². The van der Waals surface area contributed by atoms with E-state index in [1.54, 1.807) is 24.3 Å². The Morgan fingerprint density at radius 2 is 1.98 bits per heavy atom. The number of hydroxylamine groups is 2. The minimum absolute atomic E-state index is 0.0483. The van der Waals surface area contributed by atoms with Crippen LogP contribution in [0.25, 0.3) is 11.1 Å². The molecule has 2 aromatic heterocycles. The number of nitrogen functional groups attached to an aromatic ring is 1. The molecule has 1 unspecified atom stereocenters. The van der Waals surface area contributed by atoms with Crippen molar-refractivity contribution in [2.75, 3.05) is 26.0 Å². The maximum Gasteiger partial charge on any atom is 0.418 e. The van der Waals surface area contributed by atoms with Crippen molar-refractivity contribution in [1.82, 2.24) is 20.0 Å². The molecule has 1 aliphatic rings. The van der Waals surface area contributed by atoms with E-state index in [0.717, 1.165) is 42.5 Å². The molecule has 19 nitrogen and oxygen atoms in total. The normalized spacial score (nSPS) is 18.1. The van der Waals surface area contributed by atoms with Crippen molar-refractivity contribution in [2.45, 2.75) is 44.2 Å². The predicted molar refractivity (Wildman–Crippen MR) is 170 cm³/mol. The van der Waals surface area contributed by atoms with Gasteiger partial charge in [-0.3, -0.25) is 18.7 Å². The number of oxime groups is 1. The Labute approximate surface area is 279 Å². The number of nitrogens with zero attached hydrogens (tertiary/aromatic N) is 5. The third kappa shape index (κ3) is 8.55. The zero-order valence-electron chi connectivity index (χ0n) is 26.2. The molecular formula is C26H36N8O11PS2+. The number of benzene rings is 1. The number of thiazole rings is 1. The fourth-order valence-corrected chi connectivity index (χ4v) is 6.20. The Hall–Kier alpha value is -3.95. The molecule has 48 heavy (non-hydrogen) atoms. The number of anilines is 1. The largest absolute Gasteiger partial charge is 0.489 e. The average molecular weight is 732 g/mol. The lowest BCUT2D eigenvalue weighted by Gasteiger charge is -2.50. The van der Waals surface area contributed by atoms with Crippen LogP contribution in [0.4, 0.5) is 5.13 Å². The van der Waals surface area contributed by atoms with Crippen LogP contribution in [0.3, 0.4) is 0 Å². The van der Waals surface area contributed by atoms with Gasteiger partial charge in [0.1, 0.15) is 24.1 Å². The van der Waals surface area contributed by atoms with E-state index in [0.29, 0.717) is 17.4 Å². The molecule has 2 amide bonds. The molecule has 3 aromatic rings. The van der Waals surface area contributed by atoms with Gasteiger partial charge in [-0.2, -0.15) is 18.2 Å². The molecular weight excluding hydrogens is 695 g/mol. The summed E-state index contributed by atoms with van der Waals surface area (Å²) in [6.45, 7) is 3.51. The first kappa shape index (κ1) is 36.9. The molecule has 1 saturated heterocycles. The number of aromatic nitrogens is 3. The van der Waals surface area contributed by atoms with Gasteiger partial charge >= 0.3 is 18.0 Å². The van der Waals surface area contributed by atoms with Gasteiger partial charge in [0.05, 0.1) is 23.8 Å². The van der Waals surface area contributed by atoms with Gasteiger partial charge in [0.15, 0.2) is 17.9 Å². The standard InChI is InChI=1S/C26H35N8O11PS2/c1-26(2)22(24(36)34(26)45-48(39,40)41)30-23(35)21(19-15-47-25(28)29-19)31-44-20(46(37,38)42-4)14-43-18-8-6-16(7-9-18)17-12-32(3)33(13-17)11-5-10-27/h6-9,12-13,15,20,22H,5,10-11,14,27H2,1-4H3,(H4-,28,29,30,35,37,38,39,40,41)/p+1/b31-21-/t20-,22-/m1/s1. The summed E-state index contributed by atoms with van der Waals surface area (Å²) in [5.74, 6) is -3.45. The summed E-state index contributed by atoms with van der Waals surface area (Å²) in [6.07, 6.45) is 4.78. The highest BCUT2D eigenvalue weighted by Gasteiger charge is 2.58. The molecule has 4 rings (SSSR count). The zero-order chi connectivity index (χ0) is 35.4. The third-order valence-corrected chi connectivity index (χ3v) is 9.69. The molecule has 0 radical (unpaired) electrons. The summed E-state index contributed by atoms with van der Waals surface area (Å²) in [7, 11) is -6.67. The van der Waals surface area contributed by atoms with Crippen LogP contribution in [0.15, 0.2) is 47.2 Å². The number of amides is 2. The minimum Gasteiger partial charge on any atom is -0.489 e. The van der Waals surface area contributed by atoms with Crippen molar-refractivity contribution in [3.63, 3.8) is 0 Å². The number of carbonyl (C=O) groups is 2. The highest BCUT2D eigenvalue weighted by atomic mass is 32.3. The maximum atomic E-state index is 13.3. The van der Waals surface area contributed by atoms with Crippen LogP contribution < -0.4 is 26.2 Å². The molecule has 0 bridgehead atoms. The molecule has 0 spiro atoms. The monoisotopic (exact) mass is 731 g/mol. The van der Waals surface area contributed by atoms with Crippen LogP contribution in [0.1, 0.15) is 26.0 Å². The summed E-state index contributed by atoms with van der Waals surface area (Å²) < 4.78 is 62.8. The number of aryl methyl sites for hydroxylation is 2. The average Bonchev–Trinajstić information content (AvgIpc) is 3.63. The van der Waals surface area contributed by atoms with E-state index in [4.69, 9.17) is 30.1 Å². The van der Waals surface area contributed by atoms with Crippen molar-refractivity contribution >= 4 is 52.0 Å². The van der Waals surface area contributed by atoms with E-state index in [9.17, 15) is 27.5 Å². The summed E-state index contributed by atoms with van der Waals surface area (Å²) in [5, 5.41) is 7.93. The molecule has 3 atom stereocenters. The topological polar surface area (TPSA) is 264 Å². The fraction of sp³-hybridized carbons (Fsp3) is 0.423. The SMILES string of the molecule is COP(=O)(O)[C@H](COc1ccc(-c2cn(CCCN)[n+](C)c2)cc1)O/N=C(\C(=O)N[C@@H]1C(=O)N(OS(=O)(=O)O)C1(C)C)c1csc(N)n1. The lowest BCUT2D eigenvalue weighted by atomic mass is 9.84. The van der Waals surface area contributed by atoms with Gasteiger partial charge in [-0.1, -0.05) is 17.3 Å². The van der Waals surface area contributed by atoms with E-state index >= 15 is 0 Å². The number of nitrogens with one attached hydrogen (secondary N) is 1. The second-order valence-corrected chi connectivity index (χ2v) is 14.9. The van der Waals surface area contributed by atoms with Crippen molar-refractivity contribution in [2.24, 2.45) is 17.9 Å². The molecule has 1 fully saturated rings. The smallest absolute Gasteiger partial charge is 0.418 e. The van der Waals surface area contributed by atoms with Gasteiger partial charge in [0.25, 0.3) is 17.7 Å². The first-order chi connectivity index (χ1) is 22.5. The zero-order valence-corrected chi connectivity index (χ0v) is 28.8. The summed E-state index contributed by atoms with van der Waals surface area (Å²) >= 11 is 0.952. The van der Waals surface area contributed by atoms with Gasteiger partial charge in [0, 0.05) is 12.5 Å². The maximum absolute atomic E-state index is 13.3. The highest BCUT2D eigenvalue weighted by molar-refractivity contribution is 7.80. The lowest BCUT2D eigenvalue weighted by Crippen LogP contribution is -2.76. The molecule has 1 aromatic carbocycles. The number of rotatable bonds is 16. The molecule has 1 aliphatic heterocycles. The first-order valence-electron chi connectivity index (χ1n) is 14.1. The van der Waals surface area contributed by atoms with Crippen molar-refractivity contribution in [3.05, 3.63) is 47.7 Å². The molecule has 3 heterocycles. The van der Waals surface area contributed by atoms with Gasteiger partial charge < -0.3 is 35.8 Å². The van der Waals surface area contributed by atoms with Gasteiger partial charge in [0.2, 0.25) is 6.20 Å². The van der Waals surface area contributed by atoms with Crippen molar-refractivity contribution < 1.29 is 55.1 Å². The molecule has 0 saturated carbocycles. The summed E-state index contributed by atoms with van der Waals surface area (Å²) in [6, 6.07) is 5.59. The predicted octanol–water partition coefficient (Wildman–Crippen LogP) is 0.165. The molecule has 22 heteroatoms. The molecule has 7 N–H and O–H groups in total. The van der Waals surface area contributed by atoms with Crippen LogP contribution in [0.5, 0.6) is 5.75 Å². The molecule has 262 valence electrons. The minimum atomic E-state index is -5.03. The van der Waals surface area contributed by atoms with Crippen LogP contribution in [0.2, 0.25) is 0 Å². The van der Waals surface area contributed by atoms with Gasteiger partial charge in [-0.25, -0.2) is 4.98 Å². The summed E-state index contributed by atoms with van der Waals surface area (Å²) in [4.78, 5) is 45.7. The second kappa shape index (κ2) is 14.7. The number of hydrogen-bond donors (Lipinski definition) is 5. The van der Waals surface area contributed by atoms with Crippen molar-refractivity contribution in [1.29, 1.82) is 0 Å². The van der Waals surface area contributed by atoms with Crippen LogP contribution in [-0.2, 0) is 51.8 Å².